The van der Waals surface area contributed by atoms with Gasteiger partial charge in [-0.3, -0.25) is 0 Å². The topological polar surface area (TPSA) is 18.5 Å². The van der Waals surface area contributed by atoms with E-state index >= 15 is 0 Å². The average molecular weight is 340 g/mol. The van der Waals surface area contributed by atoms with Crippen LogP contribution in [0.2, 0.25) is 0 Å². The third-order valence-electron chi connectivity index (χ3n) is 4.36. The van der Waals surface area contributed by atoms with Crippen molar-refractivity contribution in [2.45, 2.75) is 32.4 Å². The highest BCUT2D eigenvalue weighted by Gasteiger charge is 2.22. The number of nitrogens with one attached hydrogen (secondary N) is 1. The Balaban J connectivity index is 2.02. The predicted molar refractivity (Wildman–Crippen MR) is 90.4 cm³/mol. The maximum absolute atomic E-state index is 3.69. The van der Waals surface area contributed by atoms with Gasteiger partial charge < -0.3 is 15.1 Å². The lowest BCUT2D eigenvalue weighted by molar-refractivity contribution is 0.221. The second-order valence-corrected chi connectivity index (χ2v) is 6.44. The van der Waals surface area contributed by atoms with Crippen LogP contribution in [-0.2, 0) is 6.54 Å². The highest BCUT2D eigenvalue weighted by molar-refractivity contribution is 9.10. The Morgan fingerprint density at radius 3 is 2.60 bits per heavy atom. The zero-order chi connectivity index (χ0) is 14.5. The Morgan fingerprint density at radius 2 is 2.05 bits per heavy atom. The van der Waals surface area contributed by atoms with Crippen molar-refractivity contribution in [3.05, 3.63) is 28.2 Å². The summed E-state index contributed by atoms with van der Waals surface area (Å²) in [5, 5.41) is 3.20. The normalized spacial score (nSPS) is 17.4. The molecule has 1 aliphatic heterocycles. The van der Waals surface area contributed by atoms with Crippen molar-refractivity contribution >= 4 is 21.6 Å². The molecule has 1 N–H and O–H groups in total. The van der Waals surface area contributed by atoms with E-state index in [2.05, 4.69) is 63.2 Å². The van der Waals surface area contributed by atoms with E-state index in [4.69, 9.17) is 0 Å². The number of nitrogens with zero attached hydrogens (tertiary/aromatic N) is 2. The molecule has 4 heteroatoms. The molecular weight excluding hydrogens is 314 g/mol. The van der Waals surface area contributed by atoms with Crippen molar-refractivity contribution in [1.82, 2.24) is 10.2 Å². The smallest absolute Gasteiger partial charge is 0.0377 e. The van der Waals surface area contributed by atoms with E-state index in [1.54, 1.807) is 0 Å². The second-order valence-electron chi connectivity index (χ2n) is 5.58. The molecule has 0 aromatic heterocycles. The summed E-state index contributed by atoms with van der Waals surface area (Å²) in [6.07, 6.45) is 2.53. The van der Waals surface area contributed by atoms with E-state index in [0.29, 0.717) is 6.04 Å². The molecule has 0 radical (unpaired) electrons. The molecule has 0 aliphatic carbocycles. The molecule has 1 heterocycles. The summed E-state index contributed by atoms with van der Waals surface area (Å²) in [6, 6.07) is 7.37. The maximum atomic E-state index is 3.69. The molecule has 0 bridgehead atoms. The number of benzene rings is 1. The Kier molecular flexibility index (Phi) is 5.87. The molecule has 0 unspecified atom stereocenters. The first-order valence-corrected chi connectivity index (χ1v) is 8.33. The van der Waals surface area contributed by atoms with Crippen LogP contribution in [-0.4, -0.2) is 44.7 Å². The van der Waals surface area contributed by atoms with E-state index in [-0.39, 0.29) is 0 Å². The Hall–Kier alpha value is -0.580. The third kappa shape index (κ3) is 3.74. The fourth-order valence-corrected chi connectivity index (χ4v) is 3.43. The van der Waals surface area contributed by atoms with Crippen LogP contribution in [0.25, 0.3) is 0 Å². The first kappa shape index (κ1) is 15.8. The number of hydrogen-bond donors (Lipinski definition) is 1. The van der Waals surface area contributed by atoms with Crippen LogP contribution in [0.15, 0.2) is 22.7 Å². The monoisotopic (exact) mass is 339 g/mol. The first-order chi connectivity index (χ1) is 9.65. The largest absolute Gasteiger partial charge is 0.371 e. The molecule has 1 aliphatic rings. The van der Waals surface area contributed by atoms with Gasteiger partial charge in [0, 0.05) is 42.9 Å². The number of anilines is 1. The van der Waals surface area contributed by atoms with Crippen LogP contribution in [0, 0.1) is 0 Å². The van der Waals surface area contributed by atoms with Gasteiger partial charge >= 0.3 is 0 Å². The lowest BCUT2D eigenvalue weighted by Crippen LogP contribution is -2.43. The minimum absolute atomic E-state index is 0.667. The van der Waals surface area contributed by atoms with E-state index in [1.165, 1.54) is 48.2 Å². The molecule has 0 atom stereocenters. The Labute approximate surface area is 131 Å². The van der Waals surface area contributed by atoms with Crippen LogP contribution in [0.3, 0.4) is 0 Å². The molecule has 1 saturated heterocycles. The lowest BCUT2D eigenvalue weighted by Gasteiger charge is -2.37. The number of piperidine rings is 1. The van der Waals surface area contributed by atoms with E-state index in [1.807, 2.05) is 7.05 Å². The second kappa shape index (κ2) is 7.43. The predicted octanol–water partition coefficient (Wildman–Crippen LogP) is 3.09. The van der Waals surface area contributed by atoms with Gasteiger partial charge in [-0.15, -0.1) is 0 Å². The molecule has 0 saturated carbocycles. The third-order valence-corrected chi connectivity index (χ3v) is 5.10. The van der Waals surface area contributed by atoms with Gasteiger partial charge in [0.1, 0.15) is 0 Å². The molecule has 3 nitrogen and oxygen atoms in total. The number of halogens is 1. The molecule has 2 rings (SSSR count). The van der Waals surface area contributed by atoms with E-state index in [9.17, 15) is 0 Å². The van der Waals surface area contributed by atoms with Crippen molar-refractivity contribution in [3.63, 3.8) is 0 Å². The molecule has 0 amide bonds. The molecule has 1 fully saturated rings. The average Bonchev–Trinajstić information content (AvgIpc) is 2.49. The summed E-state index contributed by atoms with van der Waals surface area (Å²) in [7, 11) is 4.21. The number of likely N-dealkylation sites (tertiary alicyclic amines) is 1. The van der Waals surface area contributed by atoms with Crippen LogP contribution in [0.4, 0.5) is 5.69 Å². The number of hydrogen-bond acceptors (Lipinski definition) is 3. The van der Waals surface area contributed by atoms with Crippen molar-refractivity contribution in [1.29, 1.82) is 0 Å². The van der Waals surface area contributed by atoms with Gasteiger partial charge in [-0.25, -0.2) is 0 Å². The Morgan fingerprint density at radius 1 is 1.35 bits per heavy atom. The van der Waals surface area contributed by atoms with Gasteiger partial charge in [0.05, 0.1) is 0 Å². The van der Waals surface area contributed by atoms with Gasteiger partial charge in [-0.1, -0.05) is 28.9 Å². The van der Waals surface area contributed by atoms with Crippen molar-refractivity contribution in [2.24, 2.45) is 0 Å². The zero-order valence-electron chi connectivity index (χ0n) is 12.8. The summed E-state index contributed by atoms with van der Waals surface area (Å²) in [4.78, 5) is 4.98. The fraction of sp³-hybridized carbons (Fsp3) is 0.625. The summed E-state index contributed by atoms with van der Waals surface area (Å²) in [6.45, 7) is 6.79. The summed E-state index contributed by atoms with van der Waals surface area (Å²) in [5.41, 5.74) is 2.62. The standard InChI is InChI=1S/C16H26BrN3/c1-4-20-9-7-14(8-10-20)19(3)15-6-5-13(12-18-2)16(17)11-15/h5-6,11,14,18H,4,7-10,12H2,1-3H3. The fourth-order valence-electron chi connectivity index (χ4n) is 2.92. The quantitative estimate of drug-likeness (QED) is 0.889. The van der Waals surface area contributed by atoms with Gasteiger partial charge in [0.15, 0.2) is 0 Å². The Bertz CT molecular complexity index is 428. The molecule has 1 aromatic carbocycles. The van der Waals surface area contributed by atoms with Crippen LogP contribution in [0.1, 0.15) is 25.3 Å². The summed E-state index contributed by atoms with van der Waals surface area (Å²) in [5.74, 6) is 0. The minimum Gasteiger partial charge on any atom is -0.371 e. The van der Waals surface area contributed by atoms with Crippen molar-refractivity contribution in [2.75, 3.05) is 38.6 Å². The van der Waals surface area contributed by atoms with Gasteiger partial charge in [0.2, 0.25) is 0 Å². The molecule has 112 valence electrons. The lowest BCUT2D eigenvalue weighted by atomic mass is 10.0. The molecular formula is C16H26BrN3. The highest BCUT2D eigenvalue weighted by Crippen LogP contribution is 2.27. The van der Waals surface area contributed by atoms with E-state index in [0.717, 1.165) is 6.54 Å². The molecule has 0 spiro atoms. The maximum Gasteiger partial charge on any atom is 0.0377 e. The minimum atomic E-state index is 0.667. The molecule has 20 heavy (non-hydrogen) atoms. The highest BCUT2D eigenvalue weighted by atomic mass is 79.9. The zero-order valence-corrected chi connectivity index (χ0v) is 14.4. The van der Waals surface area contributed by atoms with Gasteiger partial charge in [0.25, 0.3) is 0 Å². The SMILES string of the molecule is CCN1CCC(N(C)c2ccc(CNC)c(Br)c2)CC1. The van der Waals surface area contributed by atoms with E-state index < -0.39 is 0 Å². The van der Waals surface area contributed by atoms with Gasteiger partial charge in [-0.2, -0.15) is 0 Å². The van der Waals surface area contributed by atoms with Crippen LogP contribution >= 0.6 is 15.9 Å². The molecule has 1 aromatic rings. The first-order valence-electron chi connectivity index (χ1n) is 7.54. The van der Waals surface area contributed by atoms with Crippen LogP contribution < -0.4 is 10.2 Å². The van der Waals surface area contributed by atoms with Crippen LogP contribution in [0.5, 0.6) is 0 Å². The summed E-state index contributed by atoms with van der Waals surface area (Å²) < 4.78 is 1.20. The van der Waals surface area contributed by atoms with Crippen molar-refractivity contribution < 1.29 is 0 Å². The van der Waals surface area contributed by atoms with Gasteiger partial charge in [-0.05, 0) is 44.1 Å². The summed E-state index contributed by atoms with van der Waals surface area (Å²) >= 11 is 3.69. The van der Waals surface area contributed by atoms with Crippen molar-refractivity contribution in [3.8, 4) is 0 Å². The number of rotatable bonds is 5.